The summed E-state index contributed by atoms with van der Waals surface area (Å²) in [4.78, 5) is 25.7. The zero-order valence-corrected chi connectivity index (χ0v) is 16.9. The number of esters is 1. The number of carbonyl (C=O) groups is 1. The van der Waals surface area contributed by atoms with Gasteiger partial charge in [-0.2, -0.15) is 0 Å². The number of fused-ring (bicyclic) bond motifs is 4. The molecule has 0 saturated heterocycles. The van der Waals surface area contributed by atoms with E-state index in [1.54, 1.807) is 30.3 Å². The fourth-order valence-electron chi connectivity index (χ4n) is 4.14. The van der Waals surface area contributed by atoms with Crippen LogP contribution in [-0.2, 0) is 9.53 Å². The molecule has 2 aromatic carbocycles. The van der Waals surface area contributed by atoms with Crippen molar-refractivity contribution in [1.82, 2.24) is 0 Å². The monoisotopic (exact) mass is 426 g/mol. The Morgan fingerprint density at radius 1 is 1.03 bits per heavy atom. The summed E-state index contributed by atoms with van der Waals surface area (Å²) in [7, 11) is 4.17. The molecule has 1 aromatic heterocycles. The van der Waals surface area contributed by atoms with Crippen molar-refractivity contribution >= 4 is 16.9 Å². The molecule has 0 N–H and O–H groups in total. The summed E-state index contributed by atoms with van der Waals surface area (Å²) in [6.45, 7) is 0.00324. The number of benzene rings is 2. The molecule has 160 valence electrons. The van der Waals surface area contributed by atoms with Crippen LogP contribution in [0.2, 0.25) is 0 Å². The molecule has 0 saturated carbocycles. The molecule has 31 heavy (non-hydrogen) atoms. The second-order valence-electron chi connectivity index (χ2n) is 6.93. The Labute approximate surface area is 176 Å². The van der Waals surface area contributed by atoms with E-state index in [1.165, 1.54) is 21.3 Å². The van der Waals surface area contributed by atoms with Crippen molar-refractivity contribution in [3.8, 4) is 28.7 Å². The summed E-state index contributed by atoms with van der Waals surface area (Å²) >= 11 is 0. The van der Waals surface area contributed by atoms with E-state index in [-0.39, 0.29) is 29.6 Å². The lowest BCUT2D eigenvalue weighted by Crippen LogP contribution is -2.32. The zero-order valence-electron chi connectivity index (χ0n) is 16.9. The molecule has 0 bridgehead atoms. The molecular formula is C22H18O9. The van der Waals surface area contributed by atoms with Crippen LogP contribution in [0.1, 0.15) is 17.0 Å². The fraction of sp³-hybridized carbons (Fsp3) is 0.273. The summed E-state index contributed by atoms with van der Waals surface area (Å²) < 4.78 is 38.6. The highest BCUT2D eigenvalue weighted by Gasteiger charge is 2.47. The average molecular weight is 426 g/mol. The van der Waals surface area contributed by atoms with Crippen molar-refractivity contribution in [3.63, 3.8) is 0 Å². The highest BCUT2D eigenvalue weighted by atomic mass is 16.7. The Hall–Kier alpha value is -3.88. The zero-order chi connectivity index (χ0) is 21.7. The van der Waals surface area contributed by atoms with Crippen LogP contribution in [0.5, 0.6) is 28.7 Å². The largest absolute Gasteiger partial charge is 0.492 e. The summed E-state index contributed by atoms with van der Waals surface area (Å²) in [5, 5.41) is 0.570. The summed E-state index contributed by atoms with van der Waals surface area (Å²) in [5.41, 5.74) is 0.364. The van der Waals surface area contributed by atoms with E-state index in [0.29, 0.717) is 28.0 Å². The predicted octanol–water partition coefficient (Wildman–Crippen LogP) is 2.60. The molecule has 2 atom stereocenters. The van der Waals surface area contributed by atoms with Gasteiger partial charge in [0.15, 0.2) is 11.5 Å². The van der Waals surface area contributed by atoms with Gasteiger partial charge in [0.1, 0.15) is 11.3 Å². The molecule has 3 heterocycles. The number of rotatable bonds is 4. The Balaban J connectivity index is 1.82. The van der Waals surface area contributed by atoms with Crippen LogP contribution < -0.4 is 29.3 Å². The molecular weight excluding hydrogens is 408 g/mol. The number of ether oxygens (including phenoxy) is 6. The molecule has 0 spiro atoms. The first-order valence-corrected chi connectivity index (χ1v) is 9.43. The molecule has 0 aliphatic carbocycles. The molecule has 9 heteroatoms. The Morgan fingerprint density at radius 2 is 1.81 bits per heavy atom. The second kappa shape index (κ2) is 7.12. The maximum absolute atomic E-state index is 13.0. The minimum Gasteiger partial charge on any atom is -0.492 e. The van der Waals surface area contributed by atoms with Crippen LogP contribution >= 0.6 is 0 Å². The highest BCUT2D eigenvalue weighted by Crippen LogP contribution is 2.54. The third-order valence-electron chi connectivity index (χ3n) is 5.44. The van der Waals surface area contributed by atoms with Gasteiger partial charge in [-0.15, -0.1) is 0 Å². The van der Waals surface area contributed by atoms with E-state index in [1.807, 2.05) is 0 Å². The topological polar surface area (TPSA) is 103 Å². The number of methoxy groups -OCH3 is 3. The van der Waals surface area contributed by atoms with Crippen LogP contribution in [-0.4, -0.2) is 40.2 Å². The van der Waals surface area contributed by atoms with Gasteiger partial charge in [0.05, 0.1) is 38.2 Å². The van der Waals surface area contributed by atoms with E-state index >= 15 is 0 Å². The number of hydrogen-bond donors (Lipinski definition) is 0. The van der Waals surface area contributed by atoms with E-state index in [0.717, 1.165) is 0 Å². The minimum atomic E-state index is -1.15. The van der Waals surface area contributed by atoms with E-state index in [2.05, 4.69) is 0 Å². The van der Waals surface area contributed by atoms with Gasteiger partial charge in [-0.3, -0.25) is 0 Å². The second-order valence-corrected chi connectivity index (χ2v) is 6.93. The summed E-state index contributed by atoms with van der Waals surface area (Å²) in [6.07, 6.45) is -1.15. The first-order valence-electron chi connectivity index (χ1n) is 9.43. The van der Waals surface area contributed by atoms with Crippen molar-refractivity contribution in [2.75, 3.05) is 28.1 Å². The van der Waals surface area contributed by atoms with Crippen LogP contribution in [0, 0.1) is 0 Å². The molecule has 3 aromatic rings. The number of hydrogen-bond acceptors (Lipinski definition) is 9. The van der Waals surface area contributed by atoms with Crippen molar-refractivity contribution in [2.45, 2.75) is 12.0 Å². The van der Waals surface area contributed by atoms with Crippen LogP contribution in [0.4, 0.5) is 0 Å². The number of para-hydroxylation sites is 1. The smallest absolute Gasteiger partial charge is 0.348 e. The van der Waals surface area contributed by atoms with Gasteiger partial charge < -0.3 is 32.8 Å². The van der Waals surface area contributed by atoms with Crippen molar-refractivity contribution in [3.05, 3.63) is 51.9 Å². The molecule has 2 aliphatic rings. The van der Waals surface area contributed by atoms with E-state index in [9.17, 15) is 9.59 Å². The maximum atomic E-state index is 13.0. The lowest BCUT2D eigenvalue weighted by Gasteiger charge is -2.21. The van der Waals surface area contributed by atoms with Crippen LogP contribution in [0.3, 0.4) is 0 Å². The quantitative estimate of drug-likeness (QED) is 0.460. The van der Waals surface area contributed by atoms with Crippen molar-refractivity contribution < 1.29 is 37.6 Å². The molecule has 0 radical (unpaired) electrons. The average Bonchev–Trinajstić information content (AvgIpc) is 3.42. The predicted molar refractivity (Wildman–Crippen MR) is 106 cm³/mol. The molecule has 0 fully saturated rings. The van der Waals surface area contributed by atoms with Crippen LogP contribution in [0.15, 0.2) is 39.5 Å². The van der Waals surface area contributed by atoms with E-state index < -0.39 is 23.6 Å². The molecule has 2 aliphatic heterocycles. The standard InChI is InChI=1S/C22H18O9/c1-25-17-11(8-13-18(20(17)26-2)29-9-28-13)14-15-16(31-19(14)22(24)27-3)10-6-4-5-7-12(10)30-21(15)23/h4-8,14,19H,9H2,1-3H3. The molecule has 2 unspecified atom stereocenters. The van der Waals surface area contributed by atoms with Gasteiger partial charge in [-0.25, -0.2) is 9.59 Å². The van der Waals surface area contributed by atoms with Gasteiger partial charge in [0.2, 0.25) is 24.4 Å². The van der Waals surface area contributed by atoms with E-state index in [4.69, 9.17) is 32.8 Å². The van der Waals surface area contributed by atoms with Gasteiger partial charge in [-0.1, -0.05) is 12.1 Å². The maximum Gasteiger partial charge on any atom is 0.348 e. The normalized spacial score (nSPS) is 18.4. The third-order valence-corrected chi connectivity index (χ3v) is 5.44. The Bertz CT molecular complexity index is 1260. The Morgan fingerprint density at radius 3 is 2.55 bits per heavy atom. The molecule has 5 rings (SSSR count). The van der Waals surface area contributed by atoms with Crippen LogP contribution in [0.25, 0.3) is 11.0 Å². The third kappa shape index (κ3) is 2.69. The van der Waals surface area contributed by atoms with Gasteiger partial charge in [-0.05, 0) is 18.2 Å². The minimum absolute atomic E-state index is 0.00324. The van der Waals surface area contributed by atoms with Gasteiger partial charge >= 0.3 is 11.6 Å². The summed E-state index contributed by atoms with van der Waals surface area (Å²) in [6, 6.07) is 8.60. The lowest BCUT2D eigenvalue weighted by molar-refractivity contribution is -0.148. The van der Waals surface area contributed by atoms with Crippen molar-refractivity contribution in [1.29, 1.82) is 0 Å². The summed E-state index contributed by atoms with van der Waals surface area (Å²) in [5.74, 6) is 0.0812. The van der Waals surface area contributed by atoms with Gasteiger partial charge in [0.25, 0.3) is 0 Å². The Kier molecular flexibility index (Phi) is 4.39. The van der Waals surface area contributed by atoms with Crippen molar-refractivity contribution in [2.24, 2.45) is 0 Å². The molecule has 0 amide bonds. The first kappa shape index (κ1) is 19.1. The number of carbonyl (C=O) groups excluding carboxylic acids is 1. The molecule has 9 nitrogen and oxygen atoms in total. The van der Waals surface area contributed by atoms with Gasteiger partial charge in [0, 0.05) is 5.56 Å². The fourth-order valence-corrected chi connectivity index (χ4v) is 4.14. The SMILES string of the molecule is COC(=O)C1Oc2c(c(=O)oc3ccccc23)C1c1cc2c(c(OC)c1OC)OCO2. The lowest BCUT2D eigenvalue weighted by atomic mass is 9.87. The first-order chi connectivity index (χ1) is 15.1. The highest BCUT2D eigenvalue weighted by molar-refractivity contribution is 5.89.